The van der Waals surface area contributed by atoms with Crippen LogP contribution < -0.4 is 14.8 Å². The number of hydrogen-bond acceptors (Lipinski definition) is 3. The van der Waals surface area contributed by atoms with Crippen LogP contribution in [-0.2, 0) is 6.54 Å². The van der Waals surface area contributed by atoms with Gasteiger partial charge in [0.1, 0.15) is 0 Å². The zero-order valence-corrected chi connectivity index (χ0v) is 21.2. The third-order valence-corrected chi connectivity index (χ3v) is 6.32. The fourth-order valence-electron chi connectivity index (χ4n) is 4.47. The monoisotopic (exact) mass is 480 g/mol. The maximum Gasteiger partial charge on any atom is 0.322 e. The average molecular weight is 481 g/mol. The molecule has 0 spiro atoms. The van der Waals surface area contributed by atoms with Gasteiger partial charge in [0.25, 0.3) is 0 Å². The molecule has 0 radical (unpaired) electrons. The lowest BCUT2D eigenvalue weighted by Crippen LogP contribution is -2.38. The predicted octanol–water partition coefficient (Wildman–Crippen LogP) is 7.14. The summed E-state index contributed by atoms with van der Waals surface area (Å²) in [7, 11) is 3.23. The van der Waals surface area contributed by atoms with Gasteiger partial charge in [-0.25, -0.2) is 4.79 Å². The van der Waals surface area contributed by atoms with Crippen LogP contribution in [0, 0.1) is 13.8 Å². The van der Waals surface area contributed by atoms with Crippen molar-refractivity contribution in [3.8, 4) is 11.5 Å². The summed E-state index contributed by atoms with van der Waals surface area (Å²) in [6.45, 7) is 4.38. The molecule has 5 heteroatoms. The second-order valence-electron chi connectivity index (χ2n) is 8.74. The average Bonchev–Trinajstić information content (AvgIpc) is 2.91. The number of aryl methyl sites for hydroxylation is 2. The van der Waals surface area contributed by atoms with Gasteiger partial charge in [-0.2, -0.15) is 0 Å². The number of nitrogens with zero attached hydrogens (tertiary/aromatic N) is 1. The Kier molecular flexibility index (Phi) is 7.91. The molecular weight excluding hydrogens is 448 g/mol. The Bertz CT molecular complexity index is 1250. The van der Waals surface area contributed by atoms with Crippen molar-refractivity contribution in [3.05, 3.63) is 125 Å². The molecule has 0 saturated heterocycles. The summed E-state index contributed by atoms with van der Waals surface area (Å²) in [6.07, 6.45) is 0. The van der Waals surface area contributed by atoms with Gasteiger partial charge in [-0.15, -0.1) is 0 Å². The molecule has 1 N–H and O–H groups in total. The number of methoxy groups -OCH3 is 2. The molecule has 0 bridgehead atoms. The summed E-state index contributed by atoms with van der Waals surface area (Å²) in [4.78, 5) is 15.9. The van der Waals surface area contributed by atoms with Crippen LogP contribution in [-0.4, -0.2) is 25.2 Å². The molecule has 0 fully saturated rings. The van der Waals surface area contributed by atoms with E-state index in [2.05, 4.69) is 29.6 Å². The standard InChI is InChI=1S/C31H32N2O3/c1-22-12-11-13-23(2)29(22)32-31(34)33(21-24-18-19-27(35-3)28(20-24)36-4)30(25-14-7-5-8-15-25)26-16-9-6-10-17-26/h5-20,30H,21H2,1-4H3,(H,32,34). The molecule has 36 heavy (non-hydrogen) atoms. The quantitative estimate of drug-likeness (QED) is 0.291. The number of anilines is 1. The van der Waals surface area contributed by atoms with Gasteiger partial charge in [0.15, 0.2) is 11.5 Å². The van der Waals surface area contributed by atoms with E-state index in [0.717, 1.165) is 33.5 Å². The molecule has 5 nitrogen and oxygen atoms in total. The first-order valence-corrected chi connectivity index (χ1v) is 12.0. The number of hydrogen-bond donors (Lipinski definition) is 1. The molecule has 4 rings (SSSR count). The van der Waals surface area contributed by atoms with Crippen molar-refractivity contribution in [1.29, 1.82) is 0 Å². The number of ether oxygens (including phenoxy) is 2. The predicted molar refractivity (Wildman–Crippen MR) is 145 cm³/mol. The Morgan fingerprint density at radius 1 is 0.750 bits per heavy atom. The molecule has 0 heterocycles. The lowest BCUT2D eigenvalue weighted by molar-refractivity contribution is 0.194. The summed E-state index contributed by atoms with van der Waals surface area (Å²) in [5.74, 6) is 1.27. The zero-order valence-electron chi connectivity index (χ0n) is 21.2. The lowest BCUT2D eigenvalue weighted by Gasteiger charge is -2.33. The van der Waals surface area contributed by atoms with Crippen LogP contribution in [0.25, 0.3) is 0 Å². The summed E-state index contributed by atoms with van der Waals surface area (Å²) < 4.78 is 10.9. The molecule has 0 aliphatic rings. The molecule has 0 aliphatic carbocycles. The maximum absolute atomic E-state index is 14.0. The van der Waals surface area contributed by atoms with E-state index in [1.807, 2.05) is 91.5 Å². The zero-order chi connectivity index (χ0) is 25.5. The smallest absolute Gasteiger partial charge is 0.322 e. The Balaban J connectivity index is 1.81. The lowest BCUT2D eigenvalue weighted by atomic mass is 9.96. The van der Waals surface area contributed by atoms with E-state index in [4.69, 9.17) is 9.47 Å². The Morgan fingerprint density at radius 3 is 1.83 bits per heavy atom. The van der Waals surface area contributed by atoms with Gasteiger partial charge in [-0.05, 0) is 53.8 Å². The molecule has 4 aromatic rings. The highest BCUT2D eigenvalue weighted by Crippen LogP contribution is 2.34. The van der Waals surface area contributed by atoms with E-state index in [1.165, 1.54) is 0 Å². The maximum atomic E-state index is 14.0. The van der Waals surface area contributed by atoms with Gasteiger partial charge < -0.3 is 19.7 Å². The van der Waals surface area contributed by atoms with Crippen molar-refractivity contribution in [2.75, 3.05) is 19.5 Å². The minimum Gasteiger partial charge on any atom is -0.493 e. The van der Waals surface area contributed by atoms with E-state index >= 15 is 0 Å². The fraction of sp³-hybridized carbons (Fsp3) is 0.194. The number of amides is 2. The first-order chi connectivity index (χ1) is 17.5. The van der Waals surface area contributed by atoms with Crippen LogP contribution in [0.3, 0.4) is 0 Å². The molecule has 0 atom stereocenters. The highest BCUT2D eigenvalue weighted by molar-refractivity contribution is 5.91. The Hall–Kier alpha value is -4.25. The van der Waals surface area contributed by atoms with Gasteiger partial charge in [0.2, 0.25) is 0 Å². The minimum absolute atomic E-state index is 0.181. The number of nitrogens with one attached hydrogen (secondary N) is 1. The highest BCUT2D eigenvalue weighted by atomic mass is 16.5. The second kappa shape index (κ2) is 11.5. The van der Waals surface area contributed by atoms with Crippen molar-refractivity contribution in [3.63, 3.8) is 0 Å². The first kappa shape index (κ1) is 24.9. The third kappa shape index (κ3) is 5.52. The Morgan fingerprint density at radius 2 is 1.31 bits per heavy atom. The summed E-state index contributed by atoms with van der Waals surface area (Å²) >= 11 is 0. The van der Waals surface area contributed by atoms with Gasteiger partial charge in [0, 0.05) is 12.2 Å². The fourth-order valence-corrected chi connectivity index (χ4v) is 4.47. The SMILES string of the molecule is COc1ccc(CN(C(=O)Nc2c(C)cccc2C)C(c2ccccc2)c2ccccc2)cc1OC. The van der Waals surface area contributed by atoms with Gasteiger partial charge in [-0.3, -0.25) is 0 Å². The van der Waals surface area contributed by atoms with Crippen LogP contribution in [0.5, 0.6) is 11.5 Å². The van der Waals surface area contributed by atoms with E-state index < -0.39 is 0 Å². The summed E-state index contributed by atoms with van der Waals surface area (Å²) in [5, 5.41) is 3.20. The van der Waals surface area contributed by atoms with Crippen LogP contribution in [0.15, 0.2) is 97.1 Å². The van der Waals surface area contributed by atoms with Crippen LogP contribution >= 0.6 is 0 Å². The van der Waals surface area contributed by atoms with Crippen LogP contribution in [0.4, 0.5) is 10.5 Å². The minimum atomic E-state index is -0.301. The van der Waals surface area contributed by atoms with Gasteiger partial charge in [-0.1, -0.05) is 84.9 Å². The Labute approximate surface area is 213 Å². The molecule has 0 saturated carbocycles. The normalized spacial score (nSPS) is 10.7. The number of rotatable bonds is 8. The molecule has 0 aromatic heterocycles. The molecule has 184 valence electrons. The van der Waals surface area contributed by atoms with Crippen molar-refractivity contribution >= 4 is 11.7 Å². The van der Waals surface area contributed by atoms with E-state index in [1.54, 1.807) is 14.2 Å². The van der Waals surface area contributed by atoms with Crippen LogP contribution in [0.1, 0.15) is 33.9 Å². The van der Waals surface area contributed by atoms with Crippen molar-refractivity contribution in [2.45, 2.75) is 26.4 Å². The number of para-hydroxylation sites is 1. The second-order valence-corrected chi connectivity index (χ2v) is 8.74. The topological polar surface area (TPSA) is 50.8 Å². The molecule has 0 unspecified atom stereocenters. The van der Waals surface area contributed by atoms with Crippen molar-refractivity contribution in [1.82, 2.24) is 4.90 Å². The molecule has 4 aromatic carbocycles. The summed E-state index contributed by atoms with van der Waals surface area (Å²) in [6, 6.07) is 31.5. The largest absolute Gasteiger partial charge is 0.493 e. The van der Waals surface area contributed by atoms with E-state index in [0.29, 0.717) is 18.0 Å². The summed E-state index contributed by atoms with van der Waals surface area (Å²) in [5.41, 5.74) is 5.86. The number of carbonyl (C=O) groups is 1. The number of carbonyl (C=O) groups excluding carboxylic acids is 1. The molecule has 0 aliphatic heterocycles. The van der Waals surface area contributed by atoms with Gasteiger partial charge in [0.05, 0.1) is 20.3 Å². The highest BCUT2D eigenvalue weighted by Gasteiger charge is 2.28. The molecule has 2 amide bonds. The number of urea groups is 1. The number of benzene rings is 4. The van der Waals surface area contributed by atoms with Crippen molar-refractivity contribution < 1.29 is 14.3 Å². The third-order valence-electron chi connectivity index (χ3n) is 6.32. The van der Waals surface area contributed by atoms with E-state index in [9.17, 15) is 4.79 Å². The first-order valence-electron chi connectivity index (χ1n) is 12.0. The van der Waals surface area contributed by atoms with Gasteiger partial charge >= 0.3 is 6.03 Å². The van der Waals surface area contributed by atoms with Crippen molar-refractivity contribution in [2.24, 2.45) is 0 Å². The van der Waals surface area contributed by atoms with E-state index in [-0.39, 0.29) is 12.1 Å². The van der Waals surface area contributed by atoms with Crippen LogP contribution in [0.2, 0.25) is 0 Å². The molecular formula is C31H32N2O3.